The van der Waals surface area contributed by atoms with E-state index in [9.17, 15) is 18.0 Å². The van der Waals surface area contributed by atoms with Gasteiger partial charge in [-0.15, -0.1) is 0 Å². The molecule has 1 aliphatic heterocycles. The number of likely N-dealkylation sites (tertiary alicyclic amines) is 1. The minimum absolute atomic E-state index is 0.168. The summed E-state index contributed by atoms with van der Waals surface area (Å²) in [6.45, 7) is 5.02. The van der Waals surface area contributed by atoms with Crippen LogP contribution in [0.15, 0.2) is 29.2 Å². The van der Waals surface area contributed by atoms with E-state index in [0.717, 1.165) is 25.7 Å². The molecule has 1 aromatic carbocycles. The van der Waals surface area contributed by atoms with Crippen molar-refractivity contribution in [1.29, 1.82) is 0 Å². The summed E-state index contributed by atoms with van der Waals surface area (Å²) in [5, 5.41) is 2.91. The van der Waals surface area contributed by atoms with E-state index in [1.807, 2.05) is 18.7 Å². The fourth-order valence-electron chi connectivity index (χ4n) is 7.63. The molecule has 0 spiro atoms. The number of amides is 2. The summed E-state index contributed by atoms with van der Waals surface area (Å²) in [5.41, 5.74) is 0.197. The molecule has 34 heavy (non-hydrogen) atoms. The number of nitrogens with zero attached hydrogens (tertiary/aromatic N) is 2. The Kier molecular flexibility index (Phi) is 6.25. The van der Waals surface area contributed by atoms with E-state index in [2.05, 4.69) is 5.32 Å². The van der Waals surface area contributed by atoms with E-state index in [1.54, 1.807) is 18.2 Å². The van der Waals surface area contributed by atoms with Gasteiger partial charge in [-0.3, -0.25) is 9.59 Å². The van der Waals surface area contributed by atoms with Gasteiger partial charge < -0.3 is 10.2 Å². The Hall–Kier alpha value is -1.93. The number of benzene rings is 1. The van der Waals surface area contributed by atoms with Gasteiger partial charge in [-0.05, 0) is 87.3 Å². The highest BCUT2D eigenvalue weighted by Gasteiger charge is 2.56. The summed E-state index contributed by atoms with van der Waals surface area (Å²) >= 11 is 0. The van der Waals surface area contributed by atoms with Gasteiger partial charge in [0.25, 0.3) is 0 Å². The summed E-state index contributed by atoms with van der Waals surface area (Å²) in [5.74, 6) is 2.02. The van der Waals surface area contributed by atoms with Crippen molar-refractivity contribution in [3.63, 3.8) is 0 Å². The zero-order chi connectivity index (χ0) is 24.1. The molecule has 5 fully saturated rings. The highest BCUT2D eigenvalue weighted by molar-refractivity contribution is 7.89. The zero-order valence-corrected chi connectivity index (χ0v) is 21.1. The van der Waals surface area contributed by atoms with Gasteiger partial charge in [0.1, 0.15) is 6.04 Å². The smallest absolute Gasteiger partial charge is 0.247 e. The first-order valence-corrected chi connectivity index (χ1v) is 14.4. The lowest BCUT2D eigenvalue weighted by Gasteiger charge is -2.56. The first-order valence-electron chi connectivity index (χ1n) is 13.0. The van der Waals surface area contributed by atoms with Gasteiger partial charge in [0.05, 0.1) is 10.3 Å². The standard InChI is InChI=1S/C26H37N3O4S/c1-3-28(4-2)34(32,33)22-8-5-7-21(14-22)27-24(30)23-9-6-10-29(23)25(31)26-15-18-11-19(16-26)13-20(12-18)17-26/h5,7-8,14,18-20,23H,3-4,6,9-13,15-17H2,1-2H3,(H,27,30). The molecule has 5 aliphatic rings. The summed E-state index contributed by atoms with van der Waals surface area (Å²) in [6, 6.07) is 5.95. The normalized spacial score (nSPS) is 32.4. The molecule has 8 heteroatoms. The van der Waals surface area contributed by atoms with E-state index in [0.29, 0.717) is 49.5 Å². The quantitative estimate of drug-likeness (QED) is 0.633. The Morgan fingerprint density at radius 2 is 1.68 bits per heavy atom. The van der Waals surface area contributed by atoms with Crippen LogP contribution in [0.5, 0.6) is 0 Å². The first-order chi connectivity index (χ1) is 16.3. The fraction of sp³-hybridized carbons (Fsp3) is 0.692. The van der Waals surface area contributed by atoms with Crippen molar-refractivity contribution in [2.45, 2.75) is 76.2 Å². The maximum absolute atomic E-state index is 13.9. The Bertz CT molecular complexity index is 1030. The van der Waals surface area contributed by atoms with Gasteiger partial charge in [0, 0.05) is 25.3 Å². The summed E-state index contributed by atoms with van der Waals surface area (Å²) < 4.78 is 27.2. The number of hydrogen-bond donors (Lipinski definition) is 1. The summed E-state index contributed by atoms with van der Waals surface area (Å²) in [6.07, 6.45) is 8.30. The molecule has 1 heterocycles. The first kappa shape index (κ1) is 23.8. The van der Waals surface area contributed by atoms with Gasteiger partial charge in [-0.2, -0.15) is 4.31 Å². The maximum atomic E-state index is 13.9. The Morgan fingerprint density at radius 3 is 2.26 bits per heavy atom. The van der Waals surface area contributed by atoms with E-state index in [-0.39, 0.29) is 22.1 Å². The second-order valence-corrected chi connectivity index (χ2v) is 12.9. The predicted molar refractivity (Wildman–Crippen MR) is 131 cm³/mol. The predicted octanol–water partition coefficient (Wildman–Crippen LogP) is 3.86. The van der Waals surface area contributed by atoms with Crippen molar-refractivity contribution in [3.8, 4) is 0 Å². The summed E-state index contributed by atoms with van der Waals surface area (Å²) in [7, 11) is -3.61. The number of hydrogen-bond acceptors (Lipinski definition) is 4. The van der Waals surface area contributed by atoms with Gasteiger partial charge >= 0.3 is 0 Å². The molecule has 0 radical (unpaired) electrons. The minimum Gasteiger partial charge on any atom is -0.330 e. The Balaban J connectivity index is 1.31. The molecule has 1 aromatic rings. The lowest BCUT2D eigenvalue weighted by Crippen LogP contribution is -2.56. The minimum atomic E-state index is -3.61. The molecule has 186 valence electrons. The molecule has 1 atom stereocenters. The number of anilines is 1. The van der Waals surface area contributed by atoms with Gasteiger partial charge in [-0.25, -0.2) is 8.42 Å². The zero-order valence-electron chi connectivity index (χ0n) is 20.3. The van der Waals surface area contributed by atoms with Crippen molar-refractivity contribution in [3.05, 3.63) is 24.3 Å². The molecule has 4 bridgehead atoms. The number of sulfonamides is 1. The molecule has 0 aromatic heterocycles. The number of carbonyl (C=O) groups excluding carboxylic acids is 2. The summed E-state index contributed by atoms with van der Waals surface area (Å²) in [4.78, 5) is 29.2. The number of nitrogens with one attached hydrogen (secondary N) is 1. The molecule has 7 nitrogen and oxygen atoms in total. The lowest BCUT2D eigenvalue weighted by molar-refractivity contribution is -0.160. The molecule has 1 saturated heterocycles. The third kappa shape index (κ3) is 4.06. The monoisotopic (exact) mass is 487 g/mol. The third-order valence-electron chi connectivity index (χ3n) is 8.75. The third-order valence-corrected chi connectivity index (χ3v) is 10.8. The second kappa shape index (κ2) is 8.94. The van der Waals surface area contributed by atoms with Crippen LogP contribution in [0.3, 0.4) is 0 Å². The van der Waals surface area contributed by atoms with Gasteiger partial charge in [0.15, 0.2) is 0 Å². The van der Waals surface area contributed by atoms with Crippen molar-refractivity contribution in [2.75, 3.05) is 25.0 Å². The van der Waals surface area contributed by atoms with Crippen LogP contribution in [0.4, 0.5) is 5.69 Å². The Labute approximate surface area is 203 Å². The number of rotatable bonds is 7. The fourth-order valence-corrected chi connectivity index (χ4v) is 9.14. The molecule has 4 aliphatic carbocycles. The highest BCUT2D eigenvalue weighted by Crippen LogP contribution is 2.60. The van der Waals surface area contributed by atoms with Crippen LogP contribution in [0.25, 0.3) is 0 Å². The molecular formula is C26H37N3O4S. The average molecular weight is 488 g/mol. The van der Waals surface area contributed by atoms with Crippen LogP contribution in [-0.2, 0) is 19.6 Å². The van der Waals surface area contributed by atoms with Crippen LogP contribution >= 0.6 is 0 Å². The van der Waals surface area contributed by atoms with Gasteiger partial charge in [-0.1, -0.05) is 19.9 Å². The average Bonchev–Trinajstić information content (AvgIpc) is 3.28. The van der Waals surface area contributed by atoms with Crippen molar-refractivity contribution < 1.29 is 18.0 Å². The molecule has 4 saturated carbocycles. The molecule has 2 amide bonds. The van der Waals surface area contributed by atoms with E-state index < -0.39 is 16.1 Å². The van der Waals surface area contributed by atoms with E-state index >= 15 is 0 Å². The van der Waals surface area contributed by atoms with Crippen molar-refractivity contribution >= 4 is 27.5 Å². The van der Waals surface area contributed by atoms with Crippen LogP contribution in [0, 0.1) is 23.2 Å². The lowest BCUT2D eigenvalue weighted by atomic mass is 9.49. The van der Waals surface area contributed by atoms with Crippen LogP contribution < -0.4 is 5.32 Å². The van der Waals surface area contributed by atoms with E-state index in [4.69, 9.17) is 0 Å². The largest absolute Gasteiger partial charge is 0.330 e. The molecule has 6 rings (SSSR count). The van der Waals surface area contributed by atoms with Crippen LogP contribution in [0.2, 0.25) is 0 Å². The molecule has 1 N–H and O–H groups in total. The van der Waals surface area contributed by atoms with Crippen molar-refractivity contribution in [1.82, 2.24) is 9.21 Å². The topological polar surface area (TPSA) is 86.8 Å². The SMILES string of the molecule is CCN(CC)S(=O)(=O)c1cccc(NC(=O)C2CCCN2C(=O)C23CC4CC(CC(C4)C2)C3)c1. The number of carbonyl (C=O) groups is 2. The van der Waals surface area contributed by atoms with E-state index in [1.165, 1.54) is 29.6 Å². The van der Waals surface area contributed by atoms with Crippen molar-refractivity contribution in [2.24, 2.45) is 23.2 Å². The van der Waals surface area contributed by atoms with Crippen LogP contribution in [0.1, 0.15) is 65.2 Å². The Morgan fingerprint density at radius 1 is 1.06 bits per heavy atom. The molecule has 1 unspecified atom stereocenters. The maximum Gasteiger partial charge on any atom is 0.247 e. The highest BCUT2D eigenvalue weighted by atomic mass is 32.2. The second-order valence-electron chi connectivity index (χ2n) is 11.0. The molecular weight excluding hydrogens is 450 g/mol. The van der Waals surface area contributed by atoms with Crippen LogP contribution in [-0.4, -0.2) is 55.1 Å². The van der Waals surface area contributed by atoms with Gasteiger partial charge in [0.2, 0.25) is 21.8 Å².